The summed E-state index contributed by atoms with van der Waals surface area (Å²) in [5, 5.41) is 14.0. The van der Waals surface area contributed by atoms with Crippen LogP contribution in [0.5, 0.6) is 5.75 Å². The summed E-state index contributed by atoms with van der Waals surface area (Å²) in [4.78, 5) is 12.1. The second-order valence-corrected chi connectivity index (χ2v) is 5.51. The van der Waals surface area contributed by atoms with E-state index in [1.807, 2.05) is 48.5 Å². The summed E-state index contributed by atoms with van der Waals surface area (Å²) in [6.07, 6.45) is 2.59. The van der Waals surface area contributed by atoms with Gasteiger partial charge < -0.3 is 10.1 Å². The maximum atomic E-state index is 12.1. The third-order valence-electron chi connectivity index (χ3n) is 3.82. The van der Waals surface area contributed by atoms with Crippen LogP contribution in [0.25, 0.3) is 5.69 Å². The molecule has 0 spiro atoms. The Morgan fingerprint density at radius 2 is 1.96 bits per heavy atom. The number of carbonyl (C=O) groups is 1. The molecule has 0 radical (unpaired) electrons. The molecule has 0 aliphatic rings. The Kier molecular flexibility index (Phi) is 5.36. The Labute approximate surface area is 145 Å². The number of rotatable bonds is 7. The summed E-state index contributed by atoms with van der Waals surface area (Å²) in [7, 11) is 1.65. The lowest BCUT2D eigenvalue weighted by atomic mass is 10.1. The van der Waals surface area contributed by atoms with E-state index in [0.717, 1.165) is 29.0 Å². The number of para-hydroxylation sites is 1. The van der Waals surface area contributed by atoms with Gasteiger partial charge in [-0.05, 0) is 46.2 Å². The van der Waals surface area contributed by atoms with Crippen LogP contribution in [0.3, 0.4) is 0 Å². The van der Waals surface area contributed by atoms with Gasteiger partial charge in [-0.15, -0.1) is 5.10 Å². The second-order valence-electron chi connectivity index (χ2n) is 5.51. The van der Waals surface area contributed by atoms with Gasteiger partial charge in [-0.25, -0.2) is 4.68 Å². The lowest BCUT2D eigenvalue weighted by Crippen LogP contribution is -2.27. The number of hydrogen-bond acceptors (Lipinski definition) is 5. The van der Waals surface area contributed by atoms with Gasteiger partial charge in [0.15, 0.2) is 0 Å². The van der Waals surface area contributed by atoms with Gasteiger partial charge in [-0.2, -0.15) is 0 Å². The molecule has 25 heavy (non-hydrogen) atoms. The van der Waals surface area contributed by atoms with Crippen LogP contribution in [0.2, 0.25) is 0 Å². The number of nitrogens with zero attached hydrogens (tertiary/aromatic N) is 4. The van der Waals surface area contributed by atoms with Crippen LogP contribution in [0.15, 0.2) is 54.9 Å². The van der Waals surface area contributed by atoms with Crippen molar-refractivity contribution in [3.05, 3.63) is 66.0 Å². The molecule has 0 aliphatic heterocycles. The summed E-state index contributed by atoms with van der Waals surface area (Å²) in [5.41, 5.74) is 2.87. The minimum atomic E-state index is -0.00919. The minimum Gasteiger partial charge on any atom is -0.496 e. The SMILES string of the molecule is COc1ccccc1CCNC(=O)Cc1ccc(-n2cnnn2)cc1. The number of aromatic nitrogens is 4. The Morgan fingerprint density at radius 3 is 2.68 bits per heavy atom. The van der Waals surface area contributed by atoms with E-state index in [0.29, 0.717) is 13.0 Å². The molecule has 1 aromatic heterocycles. The van der Waals surface area contributed by atoms with E-state index in [9.17, 15) is 4.79 Å². The Hall–Kier alpha value is -3.22. The quantitative estimate of drug-likeness (QED) is 0.708. The van der Waals surface area contributed by atoms with Crippen LogP contribution < -0.4 is 10.1 Å². The molecule has 0 unspecified atom stereocenters. The highest BCUT2D eigenvalue weighted by atomic mass is 16.5. The van der Waals surface area contributed by atoms with Gasteiger partial charge >= 0.3 is 0 Å². The van der Waals surface area contributed by atoms with Crippen LogP contribution >= 0.6 is 0 Å². The molecule has 0 aliphatic carbocycles. The zero-order valence-corrected chi connectivity index (χ0v) is 13.9. The van der Waals surface area contributed by atoms with E-state index >= 15 is 0 Å². The number of amides is 1. The van der Waals surface area contributed by atoms with Crippen LogP contribution in [0.4, 0.5) is 0 Å². The minimum absolute atomic E-state index is 0.00919. The van der Waals surface area contributed by atoms with Crippen LogP contribution in [-0.2, 0) is 17.6 Å². The van der Waals surface area contributed by atoms with Crippen molar-refractivity contribution in [2.45, 2.75) is 12.8 Å². The monoisotopic (exact) mass is 337 g/mol. The first-order valence-corrected chi connectivity index (χ1v) is 7.97. The fraction of sp³-hybridized carbons (Fsp3) is 0.222. The van der Waals surface area contributed by atoms with Crippen molar-refractivity contribution < 1.29 is 9.53 Å². The van der Waals surface area contributed by atoms with Crippen LogP contribution in [0.1, 0.15) is 11.1 Å². The van der Waals surface area contributed by atoms with E-state index in [1.165, 1.54) is 6.33 Å². The largest absolute Gasteiger partial charge is 0.496 e. The predicted molar refractivity (Wildman–Crippen MR) is 92.6 cm³/mol. The van der Waals surface area contributed by atoms with Crippen molar-refractivity contribution in [3.63, 3.8) is 0 Å². The van der Waals surface area contributed by atoms with Crippen molar-refractivity contribution in [2.24, 2.45) is 0 Å². The van der Waals surface area contributed by atoms with Crippen molar-refractivity contribution in [2.75, 3.05) is 13.7 Å². The molecule has 0 saturated carbocycles. The van der Waals surface area contributed by atoms with Crippen molar-refractivity contribution in [1.29, 1.82) is 0 Å². The summed E-state index contributed by atoms with van der Waals surface area (Å²) in [6, 6.07) is 15.4. The molecule has 0 bridgehead atoms. The molecule has 7 heteroatoms. The molecule has 3 aromatic rings. The number of benzene rings is 2. The van der Waals surface area contributed by atoms with Crippen LogP contribution in [0, 0.1) is 0 Å². The molecule has 1 N–H and O–H groups in total. The van der Waals surface area contributed by atoms with Gasteiger partial charge in [-0.3, -0.25) is 4.79 Å². The average molecular weight is 337 g/mol. The highest BCUT2D eigenvalue weighted by molar-refractivity contribution is 5.78. The molecule has 0 fully saturated rings. The van der Waals surface area contributed by atoms with Gasteiger partial charge in [0.2, 0.25) is 5.91 Å². The maximum absolute atomic E-state index is 12.1. The summed E-state index contributed by atoms with van der Waals surface area (Å²) in [6.45, 7) is 0.571. The summed E-state index contributed by atoms with van der Waals surface area (Å²) in [5.74, 6) is 0.833. The standard InChI is InChI=1S/C18H19N5O2/c1-25-17-5-3-2-4-15(17)10-11-19-18(24)12-14-6-8-16(9-7-14)23-13-20-21-22-23/h2-9,13H,10-12H2,1H3,(H,19,24). The van der Waals surface area contributed by atoms with E-state index < -0.39 is 0 Å². The lowest BCUT2D eigenvalue weighted by molar-refractivity contribution is -0.120. The van der Waals surface area contributed by atoms with E-state index in [2.05, 4.69) is 20.8 Å². The topological polar surface area (TPSA) is 81.9 Å². The first-order chi connectivity index (χ1) is 12.3. The number of ether oxygens (including phenoxy) is 1. The Bertz CT molecular complexity index is 816. The molecule has 1 amide bonds. The first-order valence-electron chi connectivity index (χ1n) is 7.97. The number of methoxy groups -OCH3 is 1. The third-order valence-corrected chi connectivity index (χ3v) is 3.82. The third kappa shape index (κ3) is 4.41. The summed E-state index contributed by atoms with van der Waals surface area (Å²) >= 11 is 0. The predicted octanol–water partition coefficient (Wildman–Crippen LogP) is 1.57. The van der Waals surface area contributed by atoms with Gasteiger partial charge in [0.05, 0.1) is 19.2 Å². The van der Waals surface area contributed by atoms with Gasteiger partial charge in [0.25, 0.3) is 0 Å². The molecule has 0 atom stereocenters. The molecular formula is C18H19N5O2. The van der Waals surface area contributed by atoms with Crippen molar-refractivity contribution in [1.82, 2.24) is 25.5 Å². The molecule has 128 valence electrons. The molecule has 1 heterocycles. The molecule has 2 aromatic carbocycles. The Morgan fingerprint density at radius 1 is 1.16 bits per heavy atom. The molecule has 7 nitrogen and oxygen atoms in total. The average Bonchev–Trinajstić information content (AvgIpc) is 3.17. The first kappa shape index (κ1) is 16.6. The van der Waals surface area contributed by atoms with Gasteiger partial charge in [0, 0.05) is 6.54 Å². The normalized spacial score (nSPS) is 10.4. The number of tetrazole rings is 1. The van der Waals surface area contributed by atoms with Gasteiger partial charge in [-0.1, -0.05) is 30.3 Å². The van der Waals surface area contributed by atoms with E-state index in [4.69, 9.17) is 4.74 Å². The smallest absolute Gasteiger partial charge is 0.224 e. The van der Waals surface area contributed by atoms with E-state index in [-0.39, 0.29) is 5.91 Å². The maximum Gasteiger partial charge on any atom is 0.224 e. The Balaban J connectivity index is 1.49. The van der Waals surface area contributed by atoms with Crippen LogP contribution in [-0.4, -0.2) is 39.8 Å². The highest BCUT2D eigenvalue weighted by Crippen LogP contribution is 2.17. The fourth-order valence-electron chi connectivity index (χ4n) is 2.54. The molecular weight excluding hydrogens is 318 g/mol. The van der Waals surface area contributed by atoms with Crippen molar-refractivity contribution >= 4 is 5.91 Å². The summed E-state index contributed by atoms with van der Waals surface area (Å²) < 4.78 is 6.88. The molecule has 3 rings (SSSR count). The fourth-order valence-corrected chi connectivity index (χ4v) is 2.54. The highest BCUT2D eigenvalue weighted by Gasteiger charge is 2.06. The number of hydrogen-bond donors (Lipinski definition) is 1. The second kappa shape index (κ2) is 8.05. The molecule has 0 saturated heterocycles. The zero-order chi connectivity index (χ0) is 17.5. The van der Waals surface area contributed by atoms with Gasteiger partial charge in [0.1, 0.15) is 12.1 Å². The van der Waals surface area contributed by atoms with E-state index in [1.54, 1.807) is 11.8 Å². The van der Waals surface area contributed by atoms with Crippen molar-refractivity contribution in [3.8, 4) is 11.4 Å². The zero-order valence-electron chi connectivity index (χ0n) is 13.9. The number of nitrogens with one attached hydrogen (secondary N) is 1. The lowest BCUT2D eigenvalue weighted by Gasteiger charge is -2.09. The number of carbonyl (C=O) groups excluding carboxylic acids is 1.